The molecule has 0 spiro atoms. The predicted octanol–water partition coefficient (Wildman–Crippen LogP) is 0.918. The van der Waals surface area contributed by atoms with Crippen LogP contribution in [0.15, 0.2) is 23.1 Å². The summed E-state index contributed by atoms with van der Waals surface area (Å²) in [5.41, 5.74) is -0.541. The van der Waals surface area contributed by atoms with Crippen molar-refractivity contribution >= 4 is 21.9 Å². The Bertz CT molecular complexity index is 793. The molecule has 10 heteroatoms. The fourth-order valence-electron chi connectivity index (χ4n) is 2.38. The first-order valence-electron chi connectivity index (χ1n) is 8.59. The molecule has 1 heterocycles. The number of nitrogens with one attached hydrogen (secondary N) is 1. The van der Waals surface area contributed by atoms with Gasteiger partial charge in [0.15, 0.2) is 6.61 Å². The Morgan fingerprint density at radius 1 is 1.33 bits per heavy atom. The van der Waals surface area contributed by atoms with Crippen LogP contribution >= 0.6 is 0 Å². The molecule has 0 aromatic heterocycles. The second-order valence-corrected chi connectivity index (χ2v) is 8.05. The van der Waals surface area contributed by atoms with E-state index in [2.05, 4.69) is 5.32 Å². The van der Waals surface area contributed by atoms with E-state index in [-0.39, 0.29) is 37.2 Å². The maximum absolute atomic E-state index is 14.0. The van der Waals surface area contributed by atoms with Crippen molar-refractivity contribution in [3.63, 3.8) is 0 Å². The SMILES string of the molecule is CCC(C)NC(=O)COC(=O)c1cc(S(=O)(=O)N2CCOCC2)ccc1F. The van der Waals surface area contributed by atoms with E-state index in [9.17, 15) is 22.4 Å². The maximum atomic E-state index is 14.0. The van der Waals surface area contributed by atoms with E-state index in [0.29, 0.717) is 6.42 Å². The van der Waals surface area contributed by atoms with Crippen molar-refractivity contribution in [3.05, 3.63) is 29.6 Å². The molecule has 1 aliphatic rings. The standard InChI is InChI=1S/C17H23FN2O6S/c1-3-12(2)19-16(21)11-26-17(22)14-10-13(4-5-15(14)18)27(23,24)20-6-8-25-9-7-20/h4-5,10,12H,3,6-9,11H2,1-2H3,(H,19,21). The molecule has 0 bridgehead atoms. The topological polar surface area (TPSA) is 102 Å². The van der Waals surface area contributed by atoms with Gasteiger partial charge in [-0.2, -0.15) is 4.31 Å². The molecule has 1 aromatic carbocycles. The summed E-state index contributed by atoms with van der Waals surface area (Å²) < 4.78 is 50.4. The summed E-state index contributed by atoms with van der Waals surface area (Å²) in [5, 5.41) is 2.61. The second-order valence-electron chi connectivity index (χ2n) is 6.11. The van der Waals surface area contributed by atoms with Gasteiger partial charge in [0.2, 0.25) is 10.0 Å². The summed E-state index contributed by atoms with van der Waals surface area (Å²) in [6.45, 7) is 3.97. The number of carbonyl (C=O) groups excluding carboxylic acids is 2. The maximum Gasteiger partial charge on any atom is 0.341 e. The lowest BCUT2D eigenvalue weighted by atomic mass is 10.2. The number of nitrogens with zero attached hydrogens (tertiary/aromatic N) is 1. The minimum absolute atomic E-state index is 0.0880. The van der Waals surface area contributed by atoms with E-state index in [4.69, 9.17) is 9.47 Å². The third-order valence-electron chi connectivity index (χ3n) is 4.12. The van der Waals surface area contributed by atoms with Gasteiger partial charge in [0.1, 0.15) is 5.82 Å². The van der Waals surface area contributed by atoms with Gasteiger partial charge in [-0.1, -0.05) is 6.92 Å². The first kappa shape index (κ1) is 21.3. The van der Waals surface area contributed by atoms with Crippen LogP contribution in [-0.2, 0) is 24.3 Å². The lowest BCUT2D eigenvalue weighted by Gasteiger charge is -2.26. The average molecular weight is 402 g/mol. The van der Waals surface area contributed by atoms with Gasteiger partial charge >= 0.3 is 5.97 Å². The Morgan fingerprint density at radius 3 is 2.63 bits per heavy atom. The van der Waals surface area contributed by atoms with E-state index in [1.54, 1.807) is 6.92 Å². The van der Waals surface area contributed by atoms with Crippen LogP contribution in [0, 0.1) is 5.82 Å². The van der Waals surface area contributed by atoms with Gasteiger partial charge in [-0.15, -0.1) is 0 Å². The molecule has 0 saturated carbocycles. The molecule has 1 atom stereocenters. The van der Waals surface area contributed by atoms with E-state index in [1.807, 2.05) is 6.92 Å². The molecule has 150 valence electrons. The van der Waals surface area contributed by atoms with Crippen LogP contribution < -0.4 is 5.32 Å². The summed E-state index contributed by atoms with van der Waals surface area (Å²) in [6.07, 6.45) is 0.704. The molecule has 1 fully saturated rings. The number of amides is 1. The molecule has 1 saturated heterocycles. The largest absolute Gasteiger partial charge is 0.452 e. The van der Waals surface area contributed by atoms with Gasteiger partial charge in [-0.3, -0.25) is 4.79 Å². The van der Waals surface area contributed by atoms with Crippen molar-refractivity contribution in [2.45, 2.75) is 31.2 Å². The molecule has 2 rings (SSSR count). The number of rotatable bonds is 7. The second kappa shape index (κ2) is 9.25. The Balaban J connectivity index is 2.12. The number of morpholine rings is 1. The van der Waals surface area contributed by atoms with Crippen LogP contribution in [0.4, 0.5) is 4.39 Å². The number of ether oxygens (including phenoxy) is 2. The van der Waals surface area contributed by atoms with Crippen LogP contribution in [-0.4, -0.2) is 63.6 Å². The van der Waals surface area contributed by atoms with Crippen LogP contribution in [0.3, 0.4) is 0 Å². The lowest BCUT2D eigenvalue weighted by molar-refractivity contribution is -0.124. The highest BCUT2D eigenvalue weighted by Crippen LogP contribution is 2.20. The molecule has 1 aliphatic heterocycles. The van der Waals surface area contributed by atoms with Gasteiger partial charge in [-0.05, 0) is 31.5 Å². The highest BCUT2D eigenvalue weighted by molar-refractivity contribution is 7.89. The number of carbonyl (C=O) groups is 2. The summed E-state index contributed by atoms with van der Waals surface area (Å²) in [6, 6.07) is 2.82. The zero-order valence-electron chi connectivity index (χ0n) is 15.2. The van der Waals surface area contributed by atoms with Crippen LogP contribution in [0.1, 0.15) is 30.6 Å². The van der Waals surface area contributed by atoms with Crippen LogP contribution in [0.25, 0.3) is 0 Å². The first-order chi connectivity index (χ1) is 12.8. The fraction of sp³-hybridized carbons (Fsp3) is 0.529. The van der Waals surface area contributed by atoms with Gasteiger partial charge in [0.05, 0.1) is 23.7 Å². The molecule has 0 aliphatic carbocycles. The highest BCUT2D eigenvalue weighted by atomic mass is 32.2. The van der Waals surface area contributed by atoms with E-state index >= 15 is 0 Å². The van der Waals surface area contributed by atoms with Crippen molar-refractivity contribution in [1.82, 2.24) is 9.62 Å². The van der Waals surface area contributed by atoms with Crippen LogP contribution in [0.5, 0.6) is 0 Å². The summed E-state index contributed by atoms with van der Waals surface area (Å²) in [7, 11) is -3.89. The smallest absolute Gasteiger partial charge is 0.341 e. The van der Waals surface area contributed by atoms with Gasteiger partial charge in [0.25, 0.3) is 5.91 Å². The third-order valence-corrected chi connectivity index (χ3v) is 6.01. The van der Waals surface area contributed by atoms with Crippen molar-refractivity contribution in [1.29, 1.82) is 0 Å². The lowest BCUT2D eigenvalue weighted by Crippen LogP contribution is -2.40. The van der Waals surface area contributed by atoms with E-state index < -0.39 is 39.9 Å². The van der Waals surface area contributed by atoms with Crippen molar-refractivity contribution in [3.8, 4) is 0 Å². The van der Waals surface area contributed by atoms with Crippen molar-refractivity contribution in [2.75, 3.05) is 32.9 Å². The molecule has 8 nitrogen and oxygen atoms in total. The predicted molar refractivity (Wildman–Crippen MR) is 94.2 cm³/mol. The molecule has 27 heavy (non-hydrogen) atoms. The number of hydrogen-bond donors (Lipinski definition) is 1. The van der Waals surface area contributed by atoms with Crippen molar-refractivity contribution in [2.24, 2.45) is 0 Å². The number of benzene rings is 1. The molecule has 1 unspecified atom stereocenters. The molecular formula is C17H23FN2O6S. The number of hydrogen-bond acceptors (Lipinski definition) is 6. The average Bonchev–Trinajstić information content (AvgIpc) is 2.66. The summed E-state index contributed by atoms with van der Waals surface area (Å²) >= 11 is 0. The molecule has 1 N–H and O–H groups in total. The molecule has 0 radical (unpaired) electrons. The zero-order chi connectivity index (χ0) is 20.0. The Morgan fingerprint density at radius 2 is 2.00 bits per heavy atom. The Hall–Kier alpha value is -2.04. The molecule has 1 amide bonds. The minimum Gasteiger partial charge on any atom is -0.452 e. The van der Waals surface area contributed by atoms with E-state index in [1.165, 1.54) is 4.31 Å². The van der Waals surface area contributed by atoms with Crippen molar-refractivity contribution < 1.29 is 31.9 Å². The molecular weight excluding hydrogens is 379 g/mol. The Labute approximate surface area is 157 Å². The normalized spacial score (nSPS) is 16.6. The first-order valence-corrected chi connectivity index (χ1v) is 10.0. The number of esters is 1. The molecule has 1 aromatic rings. The fourth-order valence-corrected chi connectivity index (χ4v) is 3.82. The van der Waals surface area contributed by atoms with Crippen LogP contribution in [0.2, 0.25) is 0 Å². The minimum atomic E-state index is -3.89. The number of sulfonamides is 1. The van der Waals surface area contributed by atoms with Gasteiger partial charge < -0.3 is 14.8 Å². The zero-order valence-corrected chi connectivity index (χ0v) is 16.1. The summed E-state index contributed by atoms with van der Waals surface area (Å²) in [4.78, 5) is 23.6. The number of halogens is 1. The van der Waals surface area contributed by atoms with Gasteiger partial charge in [0, 0.05) is 19.1 Å². The quantitative estimate of drug-likeness (QED) is 0.681. The monoisotopic (exact) mass is 402 g/mol. The summed E-state index contributed by atoms with van der Waals surface area (Å²) in [5.74, 6) is -2.55. The van der Waals surface area contributed by atoms with Gasteiger partial charge in [-0.25, -0.2) is 17.6 Å². The van der Waals surface area contributed by atoms with E-state index in [0.717, 1.165) is 18.2 Å². The third kappa shape index (κ3) is 5.47. The Kier molecular flexibility index (Phi) is 7.28. The highest BCUT2D eigenvalue weighted by Gasteiger charge is 2.28.